The maximum atomic E-state index is 11.5. The normalized spacial score (nSPS) is 10.3. The van der Waals surface area contributed by atoms with E-state index in [2.05, 4.69) is 15.0 Å². The Balaban J connectivity index is 2.45. The van der Waals surface area contributed by atoms with Crippen LogP contribution in [0, 0.1) is 6.92 Å². The lowest BCUT2D eigenvalue weighted by Gasteiger charge is -2.07. The van der Waals surface area contributed by atoms with Crippen molar-refractivity contribution in [1.29, 1.82) is 0 Å². The first-order chi connectivity index (χ1) is 9.08. The van der Waals surface area contributed by atoms with E-state index in [4.69, 9.17) is 16.3 Å². The molecule has 7 heteroatoms. The topological polar surface area (TPSA) is 66.2 Å². The van der Waals surface area contributed by atoms with Crippen LogP contribution < -0.4 is 4.74 Å². The van der Waals surface area contributed by atoms with Gasteiger partial charge in [-0.25, -0.2) is 9.48 Å². The van der Waals surface area contributed by atoms with Gasteiger partial charge in [0, 0.05) is 0 Å². The van der Waals surface area contributed by atoms with Crippen molar-refractivity contribution in [3.63, 3.8) is 0 Å². The van der Waals surface area contributed by atoms with E-state index < -0.39 is 5.97 Å². The zero-order valence-electron chi connectivity index (χ0n) is 10.7. The maximum absolute atomic E-state index is 11.5. The lowest BCUT2D eigenvalue weighted by molar-refractivity contribution is 0.0593. The third-order valence-electron chi connectivity index (χ3n) is 2.65. The van der Waals surface area contributed by atoms with Crippen LogP contribution in [0.15, 0.2) is 18.2 Å². The molecule has 0 saturated carbocycles. The van der Waals surface area contributed by atoms with E-state index in [1.54, 1.807) is 25.1 Å². The van der Waals surface area contributed by atoms with Gasteiger partial charge in [-0.1, -0.05) is 16.8 Å². The fourth-order valence-electron chi connectivity index (χ4n) is 1.65. The number of hydrogen-bond donors (Lipinski definition) is 0. The third kappa shape index (κ3) is 2.39. The Bertz CT molecular complexity index is 625. The third-order valence-corrected chi connectivity index (χ3v) is 2.95. The predicted molar refractivity (Wildman–Crippen MR) is 69.0 cm³/mol. The quantitative estimate of drug-likeness (QED) is 0.805. The van der Waals surface area contributed by atoms with Crippen molar-refractivity contribution in [2.24, 2.45) is 0 Å². The van der Waals surface area contributed by atoms with Gasteiger partial charge in [0.25, 0.3) is 0 Å². The Morgan fingerprint density at radius 1 is 1.37 bits per heavy atom. The molecule has 2 aromatic rings. The van der Waals surface area contributed by atoms with Gasteiger partial charge in [-0.3, -0.25) is 0 Å². The summed E-state index contributed by atoms with van der Waals surface area (Å²) in [5, 5.41) is 8.17. The number of hydrogen-bond acceptors (Lipinski definition) is 5. The molecule has 0 aliphatic rings. The summed E-state index contributed by atoms with van der Waals surface area (Å²) in [5.41, 5.74) is 1.44. The van der Waals surface area contributed by atoms with Crippen molar-refractivity contribution >= 4 is 17.6 Å². The second-order valence-electron chi connectivity index (χ2n) is 3.75. The molecular weight excluding hydrogens is 270 g/mol. The molecular formula is C12H12ClN3O3. The number of esters is 1. The number of carbonyl (C=O) groups excluding carboxylic acids is 1. The monoisotopic (exact) mass is 281 g/mol. The Kier molecular flexibility index (Phi) is 3.71. The number of halogens is 1. The molecule has 1 heterocycles. The van der Waals surface area contributed by atoms with Crippen LogP contribution in [0.3, 0.4) is 0 Å². The van der Waals surface area contributed by atoms with E-state index in [0.717, 1.165) is 0 Å². The van der Waals surface area contributed by atoms with Gasteiger partial charge < -0.3 is 9.47 Å². The van der Waals surface area contributed by atoms with Gasteiger partial charge in [-0.2, -0.15) is 0 Å². The van der Waals surface area contributed by atoms with E-state index in [-0.39, 0.29) is 5.69 Å². The van der Waals surface area contributed by atoms with Crippen molar-refractivity contribution in [3.05, 3.63) is 34.6 Å². The zero-order chi connectivity index (χ0) is 14.0. The first kappa shape index (κ1) is 13.4. The fraction of sp³-hybridized carbons (Fsp3) is 0.250. The minimum Gasteiger partial charge on any atom is -0.495 e. The number of carbonyl (C=O) groups is 1. The molecule has 0 radical (unpaired) electrons. The van der Waals surface area contributed by atoms with Crippen molar-refractivity contribution in [2.75, 3.05) is 14.2 Å². The van der Waals surface area contributed by atoms with Gasteiger partial charge in [0.15, 0.2) is 5.69 Å². The zero-order valence-corrected chi connectivity index (χ0v) is 11.4. The first-order valence-corrected chi connectivity index (χ1v) is 5.80. The smallest absolute Gasteiger partial charge is 0.360 e. The maximum Gasteiger partial charge on any atom is 0.360 e. The molecule has 6 nitrogen and oxygen atoms in total. The van der Waals surface area contributed by atoms with Gasteiger partial charge in [0.2, 0.25) is 0 Å². The van der Waals surface area contributed by atoms with E-state index in [9.17, 15) is 4.79 Å². The molecule has 0 aliphatic carbocycles. The second-order valence-corrected chi connectivity index (χ2v) is 4.15. The lowest BCUT2D eigenvalue weighted by Crippen LogP contribution is -2.05. The number of methoxy groups -OCH3 is 2. The van der Waals surface area contributed by atoms with Crippen LogP contribution in [0.1, 0.15) is 16.2 Å². The van der Waals surface area contributed by atoms with E-state index in [1.807, 2.05) is 0 Å². The Hall–Kier alpha value is -2.08. The van der Waals surface area contributed by atoms with Crippen LogP contribution in [0.25, 0.3) is 5.69 Å². The molecule has 2 rings (SSSR count). The number of aromatic nitrogens is 3. The second kappa shape index (κ2) is 5.27. The Morgan fingerprint density at radius 3 is 2.68 bits per heavy atom. The van der Waals surface area contributed by atoms with Gasteiger partial charge in [-0.05, 0) is 25.1 Å². The molecule has 0 saturated heterocycles. The molecule has 0 amide bonds. The number of ether oxygens (including phenoxy) is 2. The number of rotatable bonds is 3. The van der Waals surface area contributed by atoms with Crippen LogP contribution in [-0.4, -0.2) is 35.2 Å². The van der Waals surface area contributed by atoms with Crippen LogP contribution in [0.5, 0.6) is 5.75 Å². The minimum atomic E-state index is -0.525. The SMILES string of the molecule is COC(=O)c1nnn(-c2ccc(OC)c(Cl)c2)c1C. The van der Waals surface area contributed by atoms with Gasteiger partial charge >= 0.3 is 5.97 Å². The van der Waals surface area contributed by atoms with Crippen molar-refractivity contribution < 1.29 is 14.3 Å². The molecule has 0 fully saturated rings. The first-order valence-electron chi connectivity index (χ1n) is 5.43. The largest absolute Gasteiger partial charge is 0.495 e. The van der Waals surface area contributed by atoms with Crippen LogP contribution >= 0.6 is 11.6 Å². The van der Waals surface area contributed by atoms with Crippen molar-refractivity contribution in [2.45, 2.75) is 6.92 Å². The predicted octanol–water partition coefficient (Wildman–Crippen LogP) is 2.02. The summed E-state index contributed by atoms with van der Waals surface area (Å²) in [4.78, 5) is 11.5. The van der Waals surface area contributed by atoms with Crippen molar-refractivity contribution in [3.8, 4) is 11.4 Å². The molecule has 0 unspecified atom stereocenters. The number of nitrogens with zero attached hydrogens (tertiary/aromatic N) is 3. The summed E-state index contributed by atoms with van der Waals surface area (Å²) in [6.07, 6.45) is 0. The summed E-state index contributed by atoms with van der Waals surface area (Å²) < 4.78 is 11.2. The fourth-order valence-corrected chi connectivity index (χ4v) is 1.90. The summed E-state index contributed by atoms with van der Waals surface area (Å²) in [6.45, 7) is 1.73. The Morgan fingerprint density at radius 2 is 2.11 bits per heavy atom. The standard InChI is InChI=1S/C12H12ClN3O3/c1-7-11(12(17)19-3)14-15-16(7)8-4-5-10(18-2)9(13)6-8/h4-6H,1-3H3. The average molecular weight is 282 g/mol. The van der Waals surface area contributed by atoms with Gasteiger partial charge in [0.1, 0.15) is 5.75 Å². The molecule has 0 atom stereocenters. The van der Waals surface area contributed by atoms with E-state index in [1.165, 1.54) is 18.9 Å². The molecule has 1 aromatic carbocycles. The molecule has 19 heavy (non-hydrogen) atoms. The van der Waals surface area contributed by atoms with E-state index in [0.29, 0.717) is 22.2 Å². The lowest BCUT2D eigenvalue weighted by atomic mass is 10.3. The highest BCUT2D eigenvalue weighted by molar-refractivity contribution is 6.32. The highest BCUT2D eigenvalue weighted by Gasteiger charge is 2.18. The molecule has 0 N–H and O–H groups in total. The Labute approximate surface area is 114 Å². The molecule has 100 valence electrons. The molecule has 0 aliphatic heterocycles. The van der Waals surface area contributed by atoms with Crippen LogP contribution in [0.4, 0.5) is 0 Å². The van der Waals surface area contributed by atoms with Crippen LogP contribution in [0.2, 0.25) is 5.02 Å². The highest BCUT2D eigenvalue weighted by Crippen LogP contribution is 2.27. The summed E-state index contributed by atoms with van der Waals surface area (Å²) >= 11 is 6.05. The summed E-state index contributed by atoms with van der Waals surface area (Å²) in [5.74, 6) is 0.0414. The minimum absolute atomic E-state index is 0.175. The molecule has 0 bridgehead atoms. The number of benzene rings is 1. The summed E-state index contributed by atoms with van der Waals surface area (Å²) in [7, 11) is 2.84. The molecule has 1 aromatic heterocycles. The highest BCUT2D eigenvalue weighted by atomic mass is 35.5. The molecule has 0 spiro atoms. The van der Waals surface area contributed by atoms with Gasteiger partial charge in [0.05, 0.1) is 30.6 Å². The van der Waals surface area contributed by atoms with Crippen molar-refractivity contribution in [1.82, 2.24) is 15.0 Å². The average Bonchev–Trinajstić information content (AvgIpc) is 2.79. The van der Waals surface area contributed by atoms with E-state index >= 15 is 0 Å². The van der Waals surface area contributed by atoms with Gasteiger partial charge in [-0.15, -0.1) is 5.10 Å². The van der Waals surface area contributed by atoms with Crippen LogP contribution in [-0.2, 0) is 4.74 Å². The summed E-state index contributed by atoms with van der Waals surface area (Å²) in [6, 6.07) is 5.17.